The molecule has 6 heteroatoms. The van der Waals surface area contributed by atoms with Gasteiger partial charge < -0.3 is 15.5 Å². The highest BCUT2D eigenvalue weighted by molar-refractivity contribution is 5.72. The molecule has 2 atom stereocenters. The minimum Gasteiger partial charge on any atom is -0.390 e. The van der Waals surface area contributed by atoms with Crippen LogP contribution in [0.3, 0.4) is 0 Å². The summed E-state index contributed by atoms with van der Waals surface area (Å²) >= 11 is 0. The summed E-state index contributed by atoms with van der Waals surface area (Å²) in [5, 5.41) is 22.1. The molecule has 0 spiro atoms. The standard InChI is InChI=1S/C13H17F2NO3/c1-8(17)16-6-5-11(18)12(19)9-3-2-4-10(7-9)13(14)15/h2-4,7,11-13,18-19H,5-6H2,1H3,(H,16,17). The molecule has 2 unspecified atom stereocenters. The van der Waals surface area contributed by atoms with Gasteiger partial charge in [0.25, 0.3) is 6.43 Å². The van der Waals surface area contributed by atoms with Gasteiger partial charge in [0.1, 0.15) is 6.10 Å². The van der Waals surface area contributed by atoms with Gasteiger partial charge in [0.15, 0.2) is 0 Å². The third-order valence-corrected chi connectivity index (χ3v) is 2.68. The van der Waals surface area contributed by atoms with Crippen LogP contribution in [0.5, 0.6) is 0 Å². The third-order valence-electron chi connectivity index (χ3n) is 2.68. The van der Waals surface area contributed by atoms with E-state index in [-0.39, 0.29) is 30.0 Å². The van der Waals surface area contributed by atoms with Crippen molar-refractivity contribution in [1.29, 1.82) is 0 Å². The highest BCUT2D eigenvalue weighted by atomic mass is 19.3. The first-order chi connectivity index (χ1) is 8.91. The second-order valence-corrected chi connectivity index (χ2v) is 4.25. The highest BCUT2D eigenvalue weighted by Gasteiger charge is 2.19. The van der Waals surface area contributed by atoms with Gasteiger partial charge in [-0.25, -0.2) is 8.78 Å². The van der Waals surface area contributed by atoms with Crippen LogP contribution in [0.4, 0.5) is 8.78 Å². The lowest BCUT2D eigenvalue weighted by Gasteiger charge is -2.18. The molecule has 0 aliphatic heterocycles. The number of rotatable bonds is 6. The van der Waals surface area contributed by atoms with E-state index in [0.29, 0.717) is 0 Å². The molecule has 1 aromatic carbocycles. The average Bonchev–Trinajstić information content (AvgIpc) is 2.37. The predicted molar refractivity (Wildman–Crippen MR) is 65.7 cm³/mol. The number of aliphatic hydroxyl groups excluding tert-OH is 2. The lowest BCUT2D eigenvalue weighted by atomic mass is 10.00. The number of hydrogen-bond donors (Lipinski definition) is 3. The van der Waals surface area contributed by atoms with Gasteiger partial charge >= 0.3 is 0 Å². The van der Waals surface area contributed by atoms with Gasteiger partial charge in [-0.1, -0.05) is 18.2 Å². The van der Waals surface area contributed by atoms with Crippen LogP contribution < -0.4 is 5.32 Å². The summed E-state index contributed by atoms with van der Waals surface area (Å²) in [6, 6.07) is 5.29. The number of nitrogens with one attached hydrogen (secondary N) is 1. The fourth-order valence-corrected chi connectivity index (χ4v) is 1.65. The maximum Gasteiger partial charge on any atom is 0.263 e. The first-order valence-corrected chi connectivity index (χ1v) is 5.90. The van der Waals surface area contributed by atoms with Crippen molar-refractivity contribution in [2.45, 2.75) is 32.0 Å². The molecule has 3 N–H and O–H groups in total. The third kappa shape index (κ3) is 4.92. The van der Waals surface area contributed by atoms with Crippen LogP contribution in [-0.4, -0.2) is 28.8 Å². The zero-order valence-corrected chi connectivity index (χ0v) is 10.5. The second kappa shape index (κ2) is 7.16. The number of halogens is 2. The molecule has 0 aliphatic carbocycles. The molecule has 106 valence electrons. The van der Waals surface area contributed by atoms with Gasteiger partial charge in [-0.3, -0.25) is 4.79 Å². The van der Waals surface area contributed by atoms with Crippen LogP contribution in [0, 0.1) is 0 Å². The number of carbonyl (C=O) groups is 1. The lowest BCUT2D eigenvalue weighted by Crippen LogP contribution is -2.27. The van der Waals surface area contributed by atoms with Crippen molar-refractivity contribution >= 4 is 5.91 Å². The van der Waals surface area contributed by atoms with Crippen molar-refractivity contribution in [2.24, 2.45) is 0 Å². The molecule has 19 heavy (non-hydrogen) atoms. The molecule has 0 aromatic heterocycles. The Morgan fingerprint density at radius 2 is 1.95 bits per heavy atom. The van der Waals surface area contributed by atoms with E-state index in [2.05, 4.69) is 5.32 Å². The second-order valence-electron chi connectivity index (χ2n) is 4.25. The fraction of sp³-hybridized carbons (Fsp3) is 0.462. The van der Waals surface area contributed by atoms with Crippen molar-refractivity contribution in [1.82, 2.24) is 5.32 Å². The van der Waals surface area contributed by atoms with Crippen LogP contribution >= 0.6 is 0 Å². The smallest absolute Gasteiger partial charge is 0.263 e. The van der Waals surface area contributed by atoms with E-state index in [9.17, 15) is 23.8 Å². The minimum atomic E-state index is -2.62. The SMILES string of the molecule is CC(=O)NCCC(O)C(O)c1cccc(C(F)F)c1. The summed E-state index contributed by atoms with van der Waals surface area (Å²) < 4.78 is 25.0. The van der Waals surface area contributed by atoms with Gasteiger partial charge in [0.2, 0.25) is 5.91 Å². The monoisotopic (exact) mass is 273 g/mol. The molecule has 0 saturated carbocycles. The minimum absolute atomic E-state index is 0.139. The number of hydrogen-bond acceptors (Lipinski definition) is 3. The first-order valence-electron chi connectivity index (χ1n) is 5.90. The molecule has 0 saturated heterocycles. The molecule has 0 radical (unpaired) electrons. The molecule has 0 bridgehead atoms. The average molecular weight is 273 g/mol. The Bertz CT molecular complexity index is 426. The van der Waals surface area contributed by atoms with Crippen molar-refractivity contribution in [3.8, 4) is 0 Å². The van der Waals surface area contributed by atoms with Crippen LogP contribution in [0.2, 0.25) is 0 Å². The lowest BCUT2D eigenvalue weighted by molar-refractivity contribution is -0.119. The number of carbonyl (C=O) groups excluding carboxylic acids is 1. The Balaban J connectivity index is 2.63. The van der Waals surface area contributed by atoms with Gasteiger partial charge in [-0.15, -0.1) is 0 Å². The van der Waals surface area contributed by atoms with Crippen molar-refractivity contribution in [2.75, 3.05) is 6.54 Å². The van der Waals surface area contributed by atoms with E-state index in [1.807, 2.05) is 0 Å². The van der Waals surface area contributed by atoms with Gasteiger partial charge in [-0.05, 0) is 18.1 Å². The Morgan fingerprint density at radius 3 is 2.53 bits per heavy atom. The van der Waals surface area contributed by atoms with Crippen molar-refractivity contribution in [3.63, 3.8) is 0 Å². The summed E-state index contributed by atoms with van der Waals surface area (Å²) in [5.41, 5.74) is 0.0266. The molecule has 4 nitrogen and oxygen atoms in total. The van der Waals surface area contributed by atoms with Gasteiger partial charge in [-0.2, -0.15) is 0 Å². The number of alkyl halides is 2. The molecule has 0 fully saturated rings. The van der Waals surface area contributed by atoms with E-state index in [1.54, 1.807) is 0 Å². The normalized spacial score (nSPS) is 14.2. The summed E-state index contributed by atoms with van der Waals surface area (Å²) in [7, 11) is 0. The maximum absolute atomic E-state index is 12.5. The van der Waals surface area contributed by atoms with E-state index >= 15 is 0 Å². The maximum atomic E-state index is 12.5. The van der Waals surface area contributed by atoms with E-state index in [4.69, 9.17) is 0 Å². The quantitative estimate of drug-likeness (QED) is 0.736. The number of benzene rings is 1. The number of amides is 1. The Morgan fingerprint density at radius 1 is 1.32 bits per heavy atom. The van der Waals surface area contributed by atoms with Gasteiger partial charge in [0.05, 0.1) is 6.10 Å². The zero-order chi connectivity index (χ0) is 14.4. The zero-order valence-electron chi connectivity index (χ0n) is 10.5. The molecular weight excluding hydrogens is 256 g/mol. The molecule has 0 heterocycles. The largest absolute Gasteiger partial charge is 0.390 e. The van der Waals surface area contributed by atoms with Crippen molar-refractivity contribution in [3.05, 3.63) is 35.4 Å². The van der Waals surface area contributed by atoms with E-state index in [1.165, 1.54) is 25.1 Å². The Kier molecular flexibility index (Phi) is 5.85. The van der Waals surface area contributed by atoms with Crippen LogP contribution in [0.15, 0.2) is 24.3 Å². The summed E-state index contributed by atoms with van der Waals surface area (Å²) in [5.74, 6) is -0.235. The molecule has 0 aliphatic rings. The fourth-order valence-electron chi connectivity index (χ4n) is 1.65. The summed E-state index contributed by atoms with van der Waals surface area (Å²) in [6.45, 7) is 1.55. The molecule has 1 aromatic rings. The van der Waals surface area contributed by atoms with Crippen LogP contribution in [0.1, 0.15) is 37.0 Å². The topological polar surface area (TPSA) is 69.6 Å². The molecule has 1 rings (SSSR count). The Labute approximate surface area is 110 Å². The predicted octanol–water partition coefficient (Wildman–Crippen LogP) is 1.54. The van der Waals surface area contributed by atoms with E-state index < -0.39 is 18.6 Å². The van der Waals surface area contributed by atoms with Crippen LogP contribution in [0.25, 0.3) is 0 Å². The summed E-state index contributed by atoms with van der Waals surface area (Å²) in [6.07, 6.45) is -4.87. The molecular formula is C13H17F2NO3. The highest BCUT2D eigenvalue weighted by Crippen LogP contribution is 2.24. The Hall–Kier alpha value is -1.53. The van der Waals surface area contributed by atoms with E-state index in [0.717, 1.165) is 6.07 Å². The first kappa shape index (κ1) is 15.5. The van der Waals surface area contributed by atoms with Gasteiger partial charge in [0, 0.05) is 19.0 Å². The van der Waals surface area contributed by atoms with Crippen LogP contribution in [-0.2, 0) is 4.79 Å². The summed E-state index contributed by atoms with van der Waals surface area (Å²) in [4.78, 5) is 10.6. The van der Waals surface area contributed by atoms with Crippen molar-refractivity contribution < 1.29 is 23.8 Å². The molecule has 1 amide bonds. The number of aliphatic hydroxyl groups is 2.